The van der Waals surface area contributed by atoms with E-state index in [1.54, 1.807) is 6.20 Å². The molecule has 1 aromatic heterocycles. The van der Waals surface area contributed by atoms with Crippen LogP contribution in [0.4, 0.5) is 0 Å². The molecule has 0 atom stereocenters. The topological polar surface area (TPSA) is 22.1 Å². The number of para-hydroxylation sites is 1. The van der Waals surface area contributed by atoms with Crippen molar-refractivity contribution in [2.75, 3.05) is 0 Å². The van der Waals surface area contributed by atoms with Gasteiger partial charge in [-0.15, -0.1) is 0 Å². The normalized spacial score (nSPS) is 10.4. The molecule has 0 amide bonds. The van der Waals surface area contributed by atoms with E-state index in [0.717, 1.165) is 30.6 Å². The number of hydrogen-bond acceptors (Lipinski definition) is 2. The molecule has 0 fully saturated rings. The van der Waals surface area contributed by atoms with Gasteiger partial charge in [-0.05, 0) is 43.0 Å². The largest absolute Gasteiger partial charge is 0.439 e. The molecule has 3 rings (SSSR count). The Bertz CT molecular complexity index is 695. The fraction of sp³-hybridized carbons (Fsp3) is 0.150. The first-order valence-corrected chi connectivity index (χ1v) is 7.62. The average molecular weight is 289 g/mol. The minimum Gasteiger partial charge on any atom is -0.439 e. The van der Waals surface area contributed by atoms with Crippen molar-refractivity contribution >= 4 is 0 Å². The summed E-state index contributed by atoms with van der Waals surface area (Å²) >= 11 is 0. The minimum absolute atomic E-state index is 0.710. The second kappa shape index (κ2) is 7.41. The Kier molecular flexibility index (Phi) is 4.83. The number of aromatic nitrogens is 1. The first-order chi connectivity index (χ1) is 10.9. The summed E-state index contributed by atoms with van der Waals surface area (Å²) < 4.78 is 5.90. The summed E-state index contributed by atoms with van der Waals surface area (Å²) in [6, 6.07) is 24.4. The second-order valence-electron chi connectivity index (χ2n) is 5.22. The van der Waals surface area contributed by atoms with Gasteiger partial charge in [0.25, 0.3) is 0 Å². The number of hydrogen-bond donors (Lipinski definition) is 0. The maximum absolute atomic E-state index is 5.90. The molecule has 0 unspecified atom stereocenters. The summed E-state index contributed by atoms with van der Waals surface area (Å²) in [5, 5.41) is 0. The SMILES string of the molecule is c1ccc(CCCc2cccnc2Oc2ccccc2)cc1. The van der Waals surface area contributed by atoms with E-state index >= 15 is 0 Å². The average Bonchev–Trinajstić information content (AvgIpc) is 2.58. The molecule has 0 aliphatic carbocycles. The molecular weight excluding hydrogens is 270 g/mol. The van der Waals surface area contributed by atoms with Crippen LogP contribution in [0, 0.1) is 0 Å². The predicted molar refractivity (Wildman–Crippen MR) is 89.2 cm³/mol. The molecule has 22 heavy (non-hydrogen) atoms. The molecule has 0 aliphatic rings. The minimum atomic E-state index is 0.710. The monoisotopic (exact) mass is 289 g/mol. The van der Waals surface area contributed by atoms with Crippen molar-refractivity contribution < 1.29 is 4.74 Å². The highest BCUT2D eigenvalue weighted by molar-refractivity contribution is 5.32. The maximum atomic E-state index is 5.90. The van der Waals surface area contributed by atoms with Crippen LogP contribution in [0.15, 0.2) is 79.0 Å². The van der Waals surface area contributed by atoms with E-state index in [1.165, 1.54) is 5.56 Å². The van der Waals surface area contributed by atoms with Crippen LogP contribution in [0.3, 0.4) is 0 Å². The molecule has 2 nitrogen and oxygen atoms in total. The predicted octanol–water partition coefficient (Wildman–Crippen LogP) is 5.05. The van der Waals surface area contributed by atoms with E-state index in [4.69, 9.17) is 4.74 Å². The van der Waals surface area contributed by atoms with Gasteiger partial charge < -0.3 is 4.74 Å². The molecule has 3 aromatic rings. The van der Waals surface area contributed by atoms with E-state index in [1.807, 2.05) is 36.4 Å². The maximum Gasteiger partial charge on any atom is 0.222 e. The lowest BCUT2D eigenvalue weighted by atomic mass is 10.0. The molecule has 0 bridgehead atoms. The zero-order valence-electron chi connectivity index (χ0n) is 12.5. The molecule has 110 valence electrons. The summed E-state index contributed by atoms with van der Waals surface area (Å²) in [5.41, 5.74) is 2.53. The number of benzene rings is 2. The van der Waals surface area contributed by atoms with E-state index in [9.17, 15) is 0 Å². The van der Waals surface area contributed by atoms with Gasteiger partial charge in [0.05, 0.1) is 0 Å². The first kappa shape index (κ1) is 14.3. The lowest BCUT2D eigenvalue weighted by molar-refractivity contribution is 0.455. The molecule has 2 aromatic carbocycles. The van der Waals surface area contributed by atoms with Crippen LogP contribution in [-0.4, -0.2) is 4.98 Å². The number of pyridine rings is 1. The summed E-state index contributed by atoms with van der Waals surface area (Å²) in [6.07, 6.45) is 4.89. The van der Waals surface area contributed by atoms with E-state index in [-0.39, 0.29) is 0 Å². The van der Waals surface area contributed by atoms with Crippen molar-refractivity contribution in [1.29, 1.82) is 0 Å². The van der Waals surface area contributed by atoms with Crippen molar-refractivity contribution in [2.24, 2.45) is 0 Å². The van der Waals surface area contributed by atoms with Crippen molar-refractivity contribution in [3.05, 3.63) is 90.1 Å². The van der Waals surface area contributed by atoms with Crippen LogP contribution in [-0.2, 0) is 12.8 Å². The van der Waals surface area contributed by atoms with Gasteiger partial charge in [-0.25, -0.2) is 4.98 Å². The highest BCUT2D eigenvalue weighted by Crippen LogP contribution is 2.23. The van der Waals surface area contributed by atoms with Crippen LogP contribution in [0.25, 0.3) is 0 Å². The van der Waals surface area contributed by atoms with Gasteiger partial charge in [-0.1, -0.05) is 54.6 Å². The van der Waals surface area contributed by atoms with Gasteiger partial charge in [-0.2, -0.15) is 0 Å². The highest BCUT2D eigenvalue weighted by Gasteiger charge is 2.06. The van der Waals surface area contributed by atoms with Gasteiger partial charge >= 0.3 is 0 Å². The smallest absolute Gasteiger partial charge is 0.222 e. The Morgan fingerprint density at radius 2 is 1.45 bits per heavy atom. The zero-order valence-corrected chi connectivity index (χ0v) is 12.5. The molecule has 0 saturated carbocycles. The van der Waals surface area contributed by atoms with E-state index < -0.39 is 0 Å². The Balaban J connectivity index is 1.64. The number of ether oxygens (including phenoxy) is 1. The summed E-state index contributed by atoms with van der Waals surface area (Å²) in [7, 11) is 0. The Labute approximate surface area is 131 Å². The number of aryl methyl sites for hydroxylation is 2. The molecule has 0 aliphatic heterocycles. The second-order valence-corrected chi connectivity index (χ2v) is 5.22. The molecule has 0 N–H and O–H groups in total. The van der Waals surface area contributed by atoms with Crippen molar-refractivity contribution in [1.82, 2.24) is 4.98 Å². The third kappa shape index (κ3) is 3.95. The summed E-state index contributed by atoms with van der Waals surface area (Å²) in [4.78, 5) is 4.38. The Morgan fingerprint density at radius 3 is 2.23 bits per heavy atom. The van der Waals surface area contributed by atoms with Crippen molar-refractivity contribution in [2.45, 2.75) is 19.3 Å². The van der Waals surface area contributed by atoms with Crippen LogP contribution in [0.5, 0.6) is 11.6 Å². The molecule has 0 radical (unpaired) electrons. The van der Waals surface area contributed by atoms with Crippen molar-refractivity contribution in [3.63, 3.8) is 0 Å². The van der Waals surface area contributed by atoms with E-state index in [0.29, 0.717) is 5.88 Å². The van der Waals surface area contributed by atoms with Crippen LogP contribution in [0.2, 0.25) is 0 Å². The number of nitrogens with zero attached hydrogens (tertiary/aromatic N) is 1. The van der Waals surface area contributed by atoms with Crippen molar-refractivity contribution in [3.8, 4) is 11.6 Å². The fourth-order valence-corrected chi connectivity index (χ4v) is 2.43. The summed E-state index contributed by atoms with van der Waals surface area (Å²) in [5.74, 6) is 1.53. The lowest BCUT2D eigenvalue weighted by Gasteiger charge is -2.09. The summed E-state index contributed by atoms with van der Waals surface area (Å²) in [6.45, 7) is 0. The molecular formula is C20H19NO. The van der Waals surface area contributed by atoms with Crippen LogP contribution < -0.4 is 4.74 Å². The van der Waals surface area contributed by atoms with Crippen LogP contribution in [0.1, 0.15) is 17.5 Å². The molecule has 0 spiro atoms. The Hall–Kier alpha value is -2.61. The fourth-order valence-electron chi connectivity index (χ4n) is 2.43. The third-order valence-corrected chi connectivity index (χ3v) is 3.56. The first-order valence-electron chi connectivity index (χ1n) is 7.62. The Morgan fingerprint density at radius 1 is 0.727 bits per heavy atom. The van der Waals surface area contributed by atoms with Gasteiger partial charge in [0.15, 0.2) is 0 Å². The standard InChI is InChI=1S/C20H19NO/c1-3-9-17(10-4-1)11-7-12-18-13-8-16-21-20(18)22-19-14-5-2-6-15-19/h1-6,8-10,13-16H,7,11-12H2. The van der Waals surface area contributed by atoms with Gasteiger partial charge in [0, 0.05) is 11.8 Å². The molecule has 1 heterocycles. The highest BCUT2D eigenvalue weighted by atomic mass is 16.5. The third-order valence-electron chi connectivity index (χ3n) is 3.56. The van der Waals surface area contributed by atoms with Gasteiger partial charge in [0.1, 0.15) is 5.75 Å². The zero-order chi connectivity index (χ0) is 15.0. The molecule has 0 saturated heterocycles. The number of rotatable bonds is 6. The van der Waals surface area contributed by atoms with Gasteiger partial charge in [-0.3, -0.25) is 0 Å². The lowest BCUT2D eigenvalue weighted by Crippen LogP contribution is -1.96. The van der Waals surface area contributed by atoms with E-state index in [2.05, 4.69) is 41.4 Å². The van der Waals surface area contributed by atoms with Gasteiger partial charge in [0.2, 0.25) is 5.88 Å². The van der Waals surface area contributed by atoms with Crippen LogP contribution >= 0.6 is 0 Å². The molecule has 2 heteroatoms. The quantitative estimate of drug-likeness (QED) is 0.633.